The third-order valence-electron chi connectivity index (χ3n) is 5.04. The smallest absolute Gasteiger partial charge is 0.273 e. The first-order valence-corrected chi connectivity index (χ1v) is 9.19. The zero-order valence-corrected chi connectivity index (χ0v) is 15.7. The van der Waals surface area contributed by atoms with Crippen LogP contribution >= 0.6 is 0 Å². The first-order chi connectivity index (χ1) is 13.9. The molecule has 0 aliphatic carbocycles. The van der Waals surface area contributed by atoms with E-state index in [-0.39, 0.29) is 23.6 Å². The summed E-state index contributed by atoms with van der Waals surface area (Å²) in [5.41, 5.74) is 1.08. The molecule has 2 aliphatic heterocycles. The second-order valence-electron chi connectivity index (χ2n) is 6.91. The number of hydrogen-bond acceptors (Lipinski definition) is 6. The average molecular weight is 397 g/mol. The maximum Gasteiger partial charge on any atom is 0.273 e. The van der Waals surface area contributed by atoms with Crippen molar-refractivity contribution < 1.29 is 24.0 Å². The Morgan fingerprint density at radius 2 is 1.97 bits per heavy atom. The summed E-state index contributed by atoms with van der Waals surface area (Å²) in [6, 6.07) is 9.25. The van der Waals surface area contributed by atoms with Gasteiger partial charge in [0.05, 0.1) is 11.0 Å². The van der Waals surface area contributed by atoms with Crippen LogP contribution in [0.3, 0.4) is 0 Å². The monoisotopic (exact) mass is 397 g/mol. The second kappa shape index (κ2) is 7.42. The van der Waals surface area contributed by atoms with Crippen LogP contribution < -0.4 is 19.7 Å². The summed E-state index contributed by atoms with van der Waals surface area (Å²) in [5.74, 6) is 0.662. The molecule has 0 unspecified atom stereocenters. The number of nitrogens with zero attached hydrogens (tertiary/aromatic N) is 2. The molecule has 9 nitrogen and oxygen atoms in total. The summed E-state index contributed by atoms with van der Waals surface area (Å²) >= 11 is 0. The molecule has 150 valence electrons. The Bertz CT molecular complexity index is 1010. The number of carbonyl (C=O) groups is 2. The van der Waals surface area contributed by atoms with Gasteiger partial charge in [0.1, 0.15) is 13.2 Å². The topological polar surface area (TPSA) is 111 Å². The molecule has 0 radical (unpaired) electrons. The highest BCUT2D eigenvalue weighted by atomic mass is 16.6. The lowest BCUT2D eigenvalue weighted by Gasteiger charge is -2.22. The van der Waals surface area contributed by atoms with E-state index in [0.717, 1.165) is 0 Å². The summed E-state index contributed by atoms with van der Waals surface area (Å²) in [4.78, 5) is 37.3. The number of ether oxygens (including phenoxy) is 2. The predicted octanol–water partition coefficient (Wildman–Crippen LogP) is 2.21. The van der Waals surface area contributed by atoms with Crippen molar-refractivity contribution in [1.29, 1.82) is 0 Å². The van der Waals surface area contributed by atoms with Gasteiger partial charge < -0.3 is 19.7 Å². The molecule has 1 fully saturated rings. The van der Waals surface area contributed by atoms with Crippen molar-refractivity contribution in [2.75, 3.05) is 24.7 Å². The molecule has 0 bridgehead atoms. The number of nitro groups is 1. The van der Waals surface area contributed by atoms with Gasteiger partial charge in [-0.1, -0.05) is 6.07 Å². The predicted molar refractivity (Wildman–Crippen MR) is 103 cm³/mol. The van der Waals surface area contributed by atoms with E-state index in [1.54, 1.807) is 23.1 Å². The van der Waals surface area contributed by atoms with Crippen LogP contribution in [0.4, 0.5) is 11.4 Å². The highest BCUT2D eigenvalue weighted by Crippen LogP contribution is 2.35. The third-order valence-corrected chi connectivity index (χ3v) is 5.04. The molecular formula is C20H19N3O6. The largest absolute Gasteiger partial charge is 0.486 e. The fourth-order valence-electron chi connectivity index (χ4n) is 3.58. The molecule has 2 aliphatic rings. The molecule has 2 aromatic carbocycles. The maximum atomic E-state index is 12.6. The van der Waals surface area contributed by atoms with E-state index in [4.69, 9.17) is 9.47 Å². The lowest BCUT2D eigenvalue weighted by molar-refractivity contribution is -0.385. The summed E-state index contributed by atoms with van der Waals surface area (Å²) in [7, 11) is 0. The normalized spacial score (nSPS) is 17.9. The minimum atomic E-state index is -0.519. The molecule has 1 N–H and O–H groups in total. The van der Waals surface area contributed by atoms with Crippen LogP contribution in [0.15, 0.2) is 36.4 Å². The van der Waals surface area contributed by atoms with Gasteiger partial charge in [-0.3, -0.25) is 19.7 Å². The zero-order chi connectivity index (χ0) is 20.5. The van der Waals surface area contributed by atoms with Gasteiger partial charge >= 0.3 is 0 Å². The number of hydrogen-bond donors (Lipinski definition) is 1. The van der Waals surface area contributed by atoms with Crippen molar-refractivity contribution in [3.05, 3.63) is 57.6 Å². The van der Waals surface area contributed by atoms with Crippen molar-refractivity contribution in [2.24, 2.45) is 0 Å². The van der Waals surface area contributed by atoms with Gasteiger partial charge in [0.25, 0.3) is 11.6 Å². The van der Waals surface area contributed by atoms with Crippen LogP contribution in [0.1, 0.15) is 22.3 Å². The standard InChI is InChI=1S/C20H19N3O6/c1-12-15(3-2-4-16(12)23(26)27)20(25)21-13-9-19(24)22(11-13)14-5-6-17-18(10-14)29-8-7-28-17/h2-6,10,13H,7-9,11H2,1H3,(H,21,25)/t13-/m0/s1. The molecule has 2 amide bonds. The van der Waals surface area contributed by atoms with Crippen molar-refractivity contribution in [3.63, 3.8) is 0 Å². The lowest BCUT2D eigenvalue weighted by Crippen LogP contribution is -2.37. The van der Waals surface area contributed by atoms with Gasteiger partial charge in [-0.05, 0) is 25.1 Å². The van der Waals surface area contributed by atoms with Gasteiger partial charge in [-0.25, -0.2) is 0 Å². The van der Waals surface area contributed by atoms with Crippen LogP contribution in [-0.2, 0) is 4.79 Å². The number of nitrogens with one attached hydrogen (secondary N) is 1. The Kier molecular flexibility index (Phi) is 4.79. The first kappa shape index (κ1) is 18.7. The second-order valence-corrected chi connectivity index (χ2v) is 6.91. The third kappa shape index (κ3) is 3.58. The summed E-state index contributed by atoms with van der Waals surface area (Å²) in [5, 5.41) is 13.9. The van der Waals surface area contributed by atoms with Crippen molar-refractivity contribution in [3.8, 4) is 11.5 Å². The van der Waals surface area contributed by atoms with E-state index in [0.29, 0.717) is 42.5 Å². The summed E-state index contributed by atoms with van der Waals surface area (Å²) in [6.45, 7) is 2.78. The number of carbonyl (C=O) groups excluding carboxylic acids is 2. The fraction of sp³-hybridized carbons (Fsp3) is 0.300. The molecule has 1 atom stereocenters. The number of fused-ring (bicyclic) bond motifs is 1. The Hall–Kier alpha value is -3.62. The summed E-state index contributed by atoms with van der Waals surface area (Å²) in [6.07, 6.45) is 0.147. The Labute approximate surface area is 166 Å². The molecule has 0 aromatic heterocycles. The van der Waals surface area contributed by atoms with Gasteiger partial charge in [0.15, 0.2) is 11.5 Å². The molecule has 4 rings (SSSR count). The molecule has 2 aromatic rings. The minimum absolute atomic E-state index is 0.113. The van der Waals surface area contributed by atoms with E-state index in [9.17, 15) is 19.7 Å². The number of nitro benzene ring substituents is 1. The van der Waals surface area contributed by atoms with Gasteiger partial charge in [0, 0.05) is 41.9 Å². The van der Waals surface area contributed by atoms with Crippen molar-refractivity contribution >= 4 is 23.2 Å². The maximum absolute atomic E-state index is 12.6. The molecule has 2 heterocycles. The Morgan fingerprint density at radius 1 is 1.21 bits per heavy atom. The van der Waals surface area contributed by atoms with Crippen LogP contribution in [0, 0.1) is 17.0 Å². The van der Waals surface area contributed by atoms with Crippen LogP contribution in [0.2, 0.25) is 0 Å². The average Bonchev–Trinajstić information content (AvgIpc) is 3.07. The van der Waals surface area contributed by atoms with Crippen molar-refractivity contribution in [2.45, 2.75) is 19.4 Å². The lowest BCUT2D eigenvalue weighted by atomic mass is 10.1. The molecule has 1 saturated heterocycles. The van der Waals surface area contributed by atoms with Crippen molar-refractivity contribution in [1.82, 2.24) is 5.32 Å². The molecule has 29 heavy (non-hydrogen) atoms. The molecule has 0 spiro atoms. The van der Waals surface area contributed by atoms with E-state index >= 15 is 0 Å². The van der Waals surface area contributed by atoms with Crippen LogP contribution in [0.25, 0.3) is 0 Å². The van der Waals surface area contributed by atoms with E-state index in [2.05, 4.69) is 5.32 Å². The van der Waals surface area contributed by atoms with Gasteiger partial charge in [-0.2, -0.15) is 0 Å². The minimum Gasteiger partial charge on any atom is -0.486 e. The number of anilines is 1. The van der Waals surface area contributed by atoms with E-state index in [1.807, 2.05) is 0 Å². The molecular weight excluding hydrogens is 378 g/mol. The van der Waals surface area contributed by atoms with Gasteiger partial charge in [-0.15, -0.1) is 0 Å². The van der Waals surface area contributed by atoms with E-state index in [1.165, 1.54) is 25.1 Å². The number of benzene rings is 2. The SMILES string of the molecule is Cc1c(C(=O)N[C@H]2CC(=O)N(c3ccc4c(c3)OCCO4)C2)cccc1[N+](=O)[O-]. The van der Waals surface area contributed by atoms with Gasteiger partial charge in [0.2, 0.25) is 5.91 Å². The highest BCUT2D eigenvalue weighted by Gasteiger charge is 2.33. The Balaban J connectivity index is 1.48. The quantitative estimate of drug-likeness (QED) is 0.625. The molecule has 0 saturated carbocycles. The number of rotatable bonds is 4. The van der Waals surface area contributed by atoms with Crippen LogP contribution in [0.5, 0.6) is 11.5 Å². The highest BCUT2D eigenvalue weighted by molar-refractivity contribution is 6.00. The molecule has 9 heteroatoms. The number of amides is 2. The van der Waals surface area contributed by atoms with E-state index < -0.39 is 16.9 Å². The fourth-order valence-corrected chi connectivity index (χ4v) is 3.58. The first-order valence-electron chi connectivity index (χ1n) is 9.19. The zero-order valence-electron chi connectivity index (χ0n) is 15.7. The Morgan fingerprint density at radius 3 is 2.72 bits per heavy atom. The van der Waals surface area contributed by atoms with Crippen LogP contribution in [-0.4, -0.2) is 42.5 Å². The summed E-state index contributed by atoms with van der Waals surface area (Å²) < 4.78 is 11.1.